The number of hydrogen-bond acceptors (Lipinski definition) is 4. The van der Waals surface area contributed by atoms with E-state index >= 15 is 0 Å². The van der Waals surface area contributed by atoms with Gasteiger partial charge in [-0.15, -0.1) is 0 Å². The van der Waals surface area contributed by atoms with E-state index in [4.69, 9.17) is 0 Å². The van der Waals surface area contributed by atoms with Gasteiger partial charge in [0.15, 0.2) is 5.69 Å². The zero-order valence-corrected chi connectivity index (χ0v) is 11.3. The van der Waals surface area contributed by atoms with Crippen molar-refractivity contribution in [3.63, 3.8) is 0 Å². The van der Waals surface area contributed by atoms with Crippen LogP contribution < -0.4 is 10.2 Å². The van der Waals surface area contributed by atoms with Crippen LogP contribution in [-0.2, 0) is 16.6 Å². The third-order valence-corrected chi connectivity index (χ3v) is 4.06. The Bertz CT molecular complexity index is 823. The summed E-state index contributed by atoms with van der Waals surface area (Å²) in [4.78, 5) is 37.4. The Kier molecular flexibility index (Phi) is 2.25. The molecule has 2 aliphatic rings. The van der Waals surface area contributed by atoms with Crippen LogP contribution in [0.4, 0.5) is 5.69 Å². The van der Waals surface area contributed by atoms with Crippen LogP contribution in [0.5, 0.6) is 0 Å². The smallest absolute Gasteiger partial charge is 0.280 e. The summed E-state index contributed by atoms with van der Waals surface area (Å²) >= 11 is 0. The number of nitrogens with zero attached hydrogens (tertiary/aromatic N) is 3. The van der Waals surface area contributed by atoms with E-state index in [0.717, 1.165) is 10.9 Å². The number of nitrogens with one attached hydrogen (secondary N) is 1. The second kappa shape index (κ2) is 3.91. The van der Waals surface area contributed by atoms with Gasteiger partial charge in [-0.05, 0) is 18.6 Å². The lowest BCUT2D eigenvalue weighted by molar-refractivity contribution is -0.134. The Morgan fingerprint density at radius 3 is 2.86 bits per heavy atom. The summed E-state index contributed by atoms with van der Waals surface area (Å²) in [5.41, 5.74) is 1.91. The molecule has 1 fully saturated rings. The van der Waals surface area contributed by atoms with Crippen LogP contribution in [0.15, 0.2) is 18.2 Å². The van der Waals surface area contributed by atoms with Crippen molar-refractivity contribution >= 4 is 34.3 Å². The maximum atomic E-state index is 12.6. The molecule has 3 heterocycles. The molecule has 3 amide bonds. The summed E-state index contributed by atoms with van der Waals surface area (Å²) in [6.45, 7) is 0. The topological polar surface area (TPSA) is 84.3 Å². The third-order valence-electron chi connectivity index (χ3n) is 4.06. The minimum absolute atomic E-state index is 0.238. The van der Waals surface area contributed by atoms with Crippen molar-refractivity contribution in [2.45, 2.75) is 18.9 Å². The van der Waals surface area contributed by atoms with Crippen LogP contribution in [-0.4, -0.2) is 33.5 Å². The van der Waals surface area contributed by atoms with E-state index in [9.17, 15) is 14.4 Å². The van der Waals surface area contributed by atoms with E-state index in [1.165, 1.54) is 4.90 Å². The molecule has 7 heteroatoms. The highest BCUT2D eigenvalue weighted by Crippen LogP contribution is 2.38. The van der Waals surface area contributed by atoms with Gasteiger partial charge in [0, 0.05) is 13.5 Å². The zero-order valence-electron chi connectivity index (χ0n) is 11.3. The molecule has 1 aromatic heterocycles. The van der Waals surface area contributed by atoms with Crippen molar-refractivity contribution in [1.29, 1.82) is 0 Å². The standard InChI is InChI=1S/C14H12N4O3/c1-17-7-3-2-4-8-11(7)12(16-17)14(21)18(8)9-5-6-10(19)15-13(9)20/h2-4,9H,5-6H2,1H3,(H,15,19,20). The Balaban J connectivity index is 1.85. The first kappa shape index (κ1) is 12.1. The first-order valence-corrected chi connectivity index (χ1v) is 6.71. The highest BCUT2D eigenvalue weighted by molar-refractivity contribution is 6.25. The summed E-state index contributed by atoms with van der Waals surface area (Å²) in [5, 5.41) is 7.32. The molecule has 0 radical (unpaired) electrons. The Hall–Kier alpha value is -2.70. The summed E-state index contributed by atoms with van der Waals surface area (Å²) < 4.78 is 1.66. The molecule has 0 bridgehead atoms. The van der Waals surface area contributed by atoms with Crippen LogP contribution in [0.2, 0.25) is 0 Å². The summed E-state index contributed by atoms with van der Waals surface area (Å²) in [7, 11) is 1.78. The number of carbonyl (C=O) groups is 3. The highest BCUT2D eigenvalue weighted by Gasteiger charge is 2.42. The number of anilines is 1. The molecule has 4 rings (SSSR count). The monoisotopic (exact) mass is 284 g/mol. The third kappa shape index (κ3) is 1.48. The lowest BCUT2D eigenvalue weighted by Gasteiger charge is -2.30. The minimum atomic E-state index is -0.652. The molecule has 7 nitrogen and oxygen atoms in total. The molecule has 0 aliphatic carbocycles. The second-order valence-corrected chi connectivity index (χ2v) is 5.29. The Morgan fingerprint density at radius 1 is 1.29 bits per heavy atom. The van der Waals surface area contributed by atoms with E-state index in [0.29, 0.717) is 17.8 Å². The quantitative estimate of drug-likeness (QED) is 0.765. The minimum Gasteiger partial charge on any atom is -0.295 e. The van der Waals surface area contributed by atoms with Crippen LogP contribution in [0, 0.1) is 0 Å². The molecule has 1 N–H and O–H groups in total. The Morgan fingerprint density at radius 2 is 2.10 bits per heavy atom. The first-order valence-electron chi connectivity index (χ1n) is 6.71. The lowest BCUT2D eigenvalue weighted by Crippen LogP contribution is -2.53. The maximum absolute atomic E-state index is 12.6. The van der Waals surface area contributed by atoms with E-state index in [1.807, 2.05) is 18.2 Å². The molecule has 106 valence electrons. The predicted octanol–water partition coefficient (Wildman–Crippen LogP) is 0.339. The number of carbonyl (C=O) groups excluding carboxylic acids is 3. The number of benzene rings is 1. The number of imide groups is 1. The molecular formula is C14H12N4O3. The van der Waals surface area contributed by atoms with E-state index in [1.54, 1.807) is 11.7 Å². The van der Waals surface area contributed by atoms with Crippen molar-refractivity contribution < 1.29 is 14.4 Å². The summed E-state index contributed by atoms with van der Waals surface area (Å²) in [6.07, 6.45) is 0.574. The van der Waals surface area contributed by atoms with Crippen LogP contribution in [0.25, 0.3) is 10.9 Å². The molecule has 0 spiro atoms. The van der Waals surface area contributed by atoms with Crippen molar-refractivity contribution in [1.82, 2.24) is 15.1 Å². The fourth-order valence-electron chi connectivity index (χ4n) is 3.11. The Labute approximate surface area is 119 Å². The van der Waals surface area contributed by atoms with E-state index < -0.39 is 11.9 Å². The van der Waals surface area contributed by atoms with Crippen LogP contribution >= 0.6 is 0 Å². The number of piperidine rings is 1. The molecule has 1 aromatic carbocycles. The predicted molar refractivity (Wildman–Crippen MR) is 73.7 cm³/mol. The number of hydrogen-bond donors (Lipinski definition) is 1. The van der Waals surface area contributed by atoms with Gasteiger partial charge in [-0.3, -0.25) is 29.3 Å². The fourth-order valence-corrected chi connectivity index (χ4v) is 3.11. The molecule has 2 aromatic rings. The molecular weight excluding hydrogens is 272 g/mol. The first-order chi connectivity index (χ1) is 10.1. The average molecular weight is 284 g/mol. The largest absolute Gasteiger partial charge is 0.295 e. The molecule has 1 saturated heterocycles. The highest BCUT2D eigenvalue weighted by atomic mass is 16.2. The molecule has 1 unspecified atom stereocenters. The zero-order chi connectivity index (χ0) is 14.7. The lowest BCUT2D eigenvalue weighted by atomic mass is 10.0. The van der Waals surface area contributed by atoms with Gasteiger partial charge < -0.3 is 0 Å². The maximum Gasteiger partial charge on any atom is 0.280 e. The van der Waals surface area contributed by atoms with Crippen molar-refractivity contribution in [3.05, 3.63) is 23.9 Å². The van der Waals surface area contributed by atoms with Gasteiger partial charge in [0.1, 0.15) is 6.04 Å². The van der Waals surface area contributed by atoms with Gasteiger partial charge in [0.25, 0.3) is 5.91 Å². The van der Waals surface area contributed by atoms with Gasteiger partial charge in [-0.1, -0.05) is 6.07 Å². The van der Waals surface area contributed by atoms with Crippen molar-refractivity contribution in [2.75, 3.05) is 4.90 Å². The van der Waals surface area contributed by atoms with Gasteiger partial charge in [-0.25, -0.2) is 0 Å². The normalized spacial score (nSPS) is 21.3. The molecule has 1 atom stereocenters. The second-order valence-electron chi connectivity index (χ2n) is 5.29. The molecule has 21 heavy (non-hydrogen) atoms. The van der Waals surface area contributed by atoms with Gasteiger partial charge in [-0.2, -0.15) is 5.10 Å². The van der Waals surface area contributed by atoms with Crippen molar-refractivity contribution in [3.8, 4) is 0 Å². The van der Waals surface area contributed by atoms with E-state index in [-0.39, 0.29) is 18.2 Å². The number of aryl methyl sites for hydroxylation is 1. The summed E-state index contributed by atoms with van der Waals surface area (Å²) in [5.74, 6) is -1.000. The SMILES string of the molecule is Cn1nc2c3c(cccc31)N(C1CCC(=O)NC1=O)C2=O. The average Bonchev–Trinajstić information content (AvgIpc) is 2.92. The van der Waals surface area contributed by atoms with Crippen LogP contribution in [0.1, 0.15) is 23.3 Å². The number of amides is 3. The van der Waals surface area contributed by atoms with Gasteiger partial charge in [0.05, 0.1) is 16.6 Å². The number of rotatable bonds is 1. The van der Waals surface area contributed by atoms with Gasteiger partial charge in [0.2, 0.25) is 11.8 Å². The van der Waals surface area contributed by atoms with Crippen molar-refractivity contribution in [2.24, 2.45) is 7.05 Å². The van der Waals surface area contributed by atoms with Gasteiger partial charge >= 0.3 is 0 Å². The fraction of sp³-hybridized carbons (Fsp3) is 0.286. The summed E-state index contributed by atoms with van der Waals surface area (Å²) in [6, 6.07) is 4.87. The molecule has 2 aliphatic heterocycles. The number of aromatic nitrogens is 2. The van der Waals surface area contributed by atoms with E-state index in [2.05, 4.69) is 10.4 Å². The van der Waals surface area contributed by atoms with Crippen LogP contribution in [0.3, 0.4) is 0 Å². The molecule has 0 saturated carbocycles.